The molecule has 3 aromatic carbocycles. The molecule has 1 atom stereocenters. The lowest BCUT2D eigenvalue weighted by Crippen LogP contribution is -2.58. The highest BCUT2D eigenvalue weighted by Gasteiger charge is 2.56. The zero-order valence-corrected chi connectivity index (χ0v) is 48.6. The molecular weight excluding hydrogens is 1050 g/mol. The van der Waals surface area contributed by atoms with Gasteiger partial charge in [0.25, 0.3) is 17.7 Å². The molecule has 7 heterocycles. The number of aromatic nitrogens is 3. The first-order chi connectivity index (χ1) is 40.0. The number of piperidine rings is 3. The van der Waals surface area contributed by atoms with E-state index in [1.165, 1.54) is 25.3 Å². The maximum atomic E-state index is 15.9. The Kier molecular flexibility index (Phi) is 16.5. The molecule has 7 amide bonds. The number of nitrogens with zero attached hydrogens (tertiary/aromatic N) is 7. The summed E-state index contributed by atoms with van der Waals surface area (Å²) in [5, 5.41) is 11.8. The summed E-state index contributed by atoms with van der Waals surface area (Å²) in [7, 11) is 0. The van der Waals surface area contributed by atoms with E-state index >= 15 is 9.18 Å². The first-order valence-electron chi connectivity index (χ1n) is 30.3. The number of halogens is 1. The predicted molar refractivity (Wildman–Crippen MR) is 316 cm³/mol. The molecular formula is C64H78FN11O7. The van der Waals surface area contributed by atoms with Gasteiger partial charge in [-0.2, -0.15) is 0 Å². The van der Waals surface area contributed by atoms with Crippen LogP contribution in [0.25, 0.3) is 22.3 Å². The minimum atomic E-state index is -0.996. The molecule has 6 aliphatic rings. The number of imidazole rings is 1. The Morgan fingerprint density at radius 3 is 2.24 bits per heavy atom. The third kappa shape index (κ3) is 11.4. The van der Waals surface area contributed by atoms with E-state index in [1.54, 1.807) is 37.5 Å². The Labute approximate surface area is 484 Å². The second kappa shape index (κ2) is 24.0. The lowest BCUT2D eigenvalue weighted by atomic mass is 9.73. The Morgan fingerprint density at radius 1 is 0.795 bits per heavy atom. The smallest absolute Gasteiger partial charge is 0.262 e. The number of aryl methyl sites for hydroxylation is 1. The van der Waals surface area contributed by atoms with Gasteiger partial charge in [-0.05, 0) is 159 Å². The molecule has 0 bridgehead atoms. The maximum absolute atomic E-state index is 15.9. The van der Waals surface area contributed by atoms with Crippen molar-refractivity contribution < 1.29 is 38.0 Å². The fourth-order valence-corrected chi connectivity index (χ4v) is 13.5. The van der Waals surface area contributed by atoms with Gasteiger partial charge in [-0.1, -0.05) is 50.7 Å². The van der Waals surface area contributed by atoms with Crippen molar-refractivity contribution >= 4 is 75.3 Å². The number of imide groups is 2. The van der Waals surface area contributed by atoms with E-state index in [0.717, 1.165) is 98.3 Å². The lowest BCUT2D eigenvalue weighted by molar-refractivity contribution is -0.136. The molecule has 5 aromatic rings. The standard InChI is InChI=1S/C64H78FN11O7/c1-38(2)68-59(79)46-35-51(49(65)30-40(46)5)70-58-57-52(67-37-74(57)39(3)4)36-50(69-58)41-17-20-48-54(31-41)75(44-33-43(34-44)72-26-14-11-15-27-72)63(83)64(48)23-28-73(29-24-64)56(78)16-12-9-7-6-8-10-13-25-66-42-18-19-45-47(32-42)62(82)76(61(45)81)53-21-22-55(77)71-60(53)80/h17-20,30-32,35-39,43-44,53,66H,6-16,21-29,33-34H2,1-5H3,(H,68,79)(H,69,70)(H,71,77,80)/t43-,44+,53?. The van der Waals surface area contributed by atoms with Crippen molar-refractivity contribution in [3.8, 4) is 11.3 Å². The van der Waals surface area contributed by atoms with Crippen LogP contribution in [0, 0.1) is 12.7 Å². The molecule has 1 spiro atoms. The number of pyridine rings is 1. The van der Waals surface area contributed by atoms with Crippen molar-refractivity contribution in [3.63, 3.8) is 0 Å². The molecule has 1 saturated carbocycles. The molecule has 438 valence electrons. The summed E-state index contributed by atoms with van der Waals surface area (Å²) in [6.07, 6.45) is 15.9. The number of amides is 7. The van der Waals surface area contributed by atoms with Crippen LogP contribution in [0.2, 0.25) is 0 Å². The molecule has 4 N–H and O–H groups in total. The van der Waals surface area contributed by atoms with E-state index in [0.29, 0.717) is 78.6 Å². The van der Waals surface area contributed by atoms with Crippen molar-refractivity contribution in [2.75, 3.05) is 48.3 Å². The van der Waals surface area contributed by atoms with Crippen LogP contribution >= 0.6 is 0 Å². The average molecular weight is 1130 g/mol. The zero-order chi connectivity index (χ0) is 58.3. The maximum Gasteiger partial charge on any atom is 0.262 e. The van der Waals surface area contributed by atoms with Gasteiger partial charge < -0.3 is 35.2 Å². The fourth-order valence-electron chi connectivity index (χ4n) is 13.5. The number of hydrogen-bond donors (Lipinski definition) is 4. The topological polar surface area (TPSA) is 211 Å². The number of fused-ring (bicyclic) bond motifs is 4. The molecule has 2 aromatic heterocycles. The molecule has 0 radical (unpaired) electrons. The first kappa shape index (κ1) is 57.3. The van der Waals surface area contributed by atoms with Crippen LogP contribution < -0.4 is 26.2 Å². The Hall–Kier alpha value is -7.54. The molecule has 1 unspecified atom stereocenters. The van der Waals surface area contributed by atoms with Gasteiger partial charge in [-0.15, -0.1) is 0 Å². The van der Waals surface area contributed by atoms with Crippen molar-refractivity contribution in [1.29, 1.82) is 0 Å². The number of hydrogen-bond acceptors (Lipinski definition) is 12. The van der Waals surface area contributed by atoms with Gasteiger partial charge >= 0.3 is 0 Å². The van der Waals surface area contributed by atoms with Crippen LogP contribution in [-0.4, -0.2) is 127 Å². The van der Waals surface area contributed by atoms with Crippen molar-refractivity contribution in [2.45, 2.75) is 179 Å². The van der Waals surface area contributed by atoms with E-state index in [4.69, 9.17) is 9.97 Å². The summed E-state index contributed by atoms with van der Waals surface area (Å²) in [6, 6.07) is 15.6. The SMILES string of the molecule is Cc1cc(F)c(Nc2nc(-c3ccc4c(c3)N([C@H]3C[C@@H](N5CCCCC5)C3)C(=O)C43CCN(C(=O)CCCCCCCCCNc4ccc5c(c4)C(=O)N(C4CCC(=O)NC4=O)C5=O)CC3)cc3ncn(C(C)C)c23)cc1C(=O)NC(C)C. The highest BCUT2D eigenvalue weighted by Crippen LogP contribution is 2.52. The molecule has 3 saturated heterocycles. The molecule has 19 heteroatoms. The number of likely N-dealkylation sites (tertiary alicyclic amines) is 2. The van der Waals surface area contributed by atoms with Gasteiger partial charge in [0, 0.05) is 79.1 Å². The van der Waals surface area contributed by atoms with Crippen LogP contribution in [0.4, 0.5) is 27.3 Å². The van der Waals surface area contributed by atoms with Gasteiger partial charge in [-0.25, -0.2) is 14.4 Å². The van der Waals surface area contributed by atoms with Crippen molar-refractivity contribution in [3.05, 3.63) is 94.6 Å². The molecule has 18 nitrogen and oxygen atoms in total. The lowest BCUT2D eigenvalue weighted by Gasteiger charge is -2.48. The monoisotopic (exact) mass is 1130 g/mol. The van der Waals surface area contributed by atoms with E-state index in [1.807, 2.05) is 49.3 Å². The normalized spacial score (nSPS) is 20.6. The van der Waals surface area contributed by atoms with E-state index in [2.05, 4.69) is 43.2 Å². The quantitative estimate of drug-likeness (QED) is 0.0424. The highest BCUT2D eigenvalue weighted by molar-refractivity contribution is 6.23. The predicted octanol–water partition coefficient (Wildman–Crippen LogP) is 9.87. The summed E-state index contributed by atoms with van der Waals surface area (Å²) < 4.78 is 17.9. The summed E-state index contributed by atoms with van der Waals surface area (Å²) in [5.74, 6) is -2.22. The number of benzene rings is 3. The van der Waals surface area contributed by atoms with Crippen LogP contribution in [-0.2, 0) is 24.6 Å². The third-order valence-corrected chi connectivity index (χ3v) is 18.2. The number of unbranched alkanes of at least 4 members (excludes halogenated alkanes) is 6. The van der Waals surface area contributed by atoms with Gasteiger partial charge in [0.2, 0.25) is 23.6 Å². The van der Waals surface area contributed by atoms with Gasteiger partial charge in [-0.3, -0.25) is 43.8 Å². The molecule has 11 rings (SSSR count). The summed E-state index contributed by atoms with van der Waals surface area (Å²) >= 11 is 0. The number of anilines is 4. The van der Waals surface area contributed by atoms with E-state index in [-0.39, 0.29) is 65.5 Å². The third-order valence-electron chi connectivity index (χ3n) is 18.2. The fraction of sp³-hybridized carbons (Fsp3) is 0.516. The second-order valence-electron chi connectivity index (χ2n) is 24.5. The van der Waals surface area contributed by atoms with Crippen LogP contribution in [0.3, 0.4) is 0 Å². The zero-order valence-electron chi connectivity index (χ0n) is 48.6. The molecule has 4 fully saturated rings. The Bertz CT molecular complexity index is 3370. The van der Waals surface area contributed by atoms with Crippen LogP contribution in [0.1, 0.15) is 185 Å². The largest absolute Gasteiger partial charge is 0.385 e. The van der Waals surface area contributed by atoms with Gasteiger partial charge in [0.15, 0.2) is 5.82 Å². The van der Waals surface area contributed by atoms with Crippen molar-refractivity contribution in [2.24, 2.45) is 0 Å². The summed E-state index contributed by atoms with van der Waals surface area (Å²) in [4.78, 5) is 110. The second-order valence-corrected chi connectivity index (χ2v) is 24.5. The van der Waals surface area contributed by atoms with Gasteiger partial charge in [0.1, 0.15) is 17.4 Å². The Morgan fingerprint density at radius 2 is 1.52 bits per heavy atom. The van der Waals surface area contributed by atoms with Crippen molar-refractivity contribution in [1.82, 2.24) is 39.9 Å². The van der Waals surface area contributed by atoms with Gasteiger partial charge in [0.05, 0.1) is 39.8 Å². The van der Waals surface area contributed by atoms with Crippen LogP contribution in [0.15, 0.2) is 60.9 Å². The number of carbonyl (C=O) groups excluding carboxylic acids is 7. The highest BCUT2D eigenvalue weighted by atomic mass is 19.1. The minimum absolute atomic E-state index is 0.0181. The number of rotatable bonds is 20. The minimum Gasteiger partial charge on any atom is -0.385 e. The summed E-state index contributed by atoms with van der Waals surface area (Å²) in [6.45, 7) is 13.5. The molecule has 83 heavy (non-hydrogen) atoms. The number of carbonyl (C=O) groups is 7. The first-order valence-corrected chi connectivity index (χ1v) is 30.3. The average Bonchev–Trinajstić information content (AvgIpc) is 3.97. The van der Waals surface area contributed by atoms with E-state index in [9.17, 15) is 28.8 Å². The van der Waals surface area contributed by atoms with E-state index < -0.39 is 40.9 Å². The summed E-state index contributed by atoms with van der Waals surface area (Å²) in [5.41, 5.74) is 6.18. The van der Waals surface area contributed by atoms with Crippen LogP contribution in [0.5, 0.6) is 0 Å². The number of nitrogens with one attached hydrogen (secondary N) is 4. The molecule has 1 aliphatic carbocycles. The molecule has 5 aliphatic heterocycles. The Balaban J connectivity index is 0.710.